The maximum Gasteiger partial charge on any atom is 0.245 e. The fraction of sp³-hybridized carbons (Fsp3) is 0.667. The Morgan fingerprint density at radius 1 is 1.40 bits per heavy atom. The molecule has 1 aromatic heterocycles. The highest BCUT2D eigenvalue weighted by atomic mass is 79.9. The van der Waals surface area contributed by atoms with E-state index < -0.39 is 10.0 Å². The zero-order valence-electron chi connectivity index (χ0n) is 11.2. The number of rotatable bonds is 2. The van der Waals surface area contributed by atoms with Crippen LogP contribution in [0.25, 0.3) is 0 Å². The van der Waals surface area contributed by atoms with Gasteiger partial charge in [-0.3, -0.25) is 0 Å². The zero-order valence-corrected chi connectivity index (χ0v) is 16.0. The van der Waals surface area contributed by atoms with Crippen LogP contribution in [0.1, 0.15) is 13.8 Å². The van der Waals surface area contributed by atoms with Crippen molar-refractivity contribution >= 4 is 53.2 Å². The Hall–Kier alpha value is 0.530. The highest BCUT2D eigenvalue weighted by Crippen LogP contribution is 2.45. The Morgan fingerprint density at radius 3 is 2.65 bits per heavy atom. The summed E-state index contributed by atoms with van der Waals surface area (Å²) in [4.78, 5) is 0.371. The molecule has 0 bridgehead atoms. The lowest BCUT2D eigenvalue weighted by Gasteiger charge is -2.34. The smallest absolute Gasteiger partial charge is 0.245 e. The third-order valence-electron chi connectivity index (χ3n) is 4.48. The minimum Gasteiger partial charge on any atom is -0.316 e. The second-order valence-corrected chi connectivity index (χ2v) is 11.5. The van der Waals surface area contributed by atoms with Crippen molar-refractivity contribution in [3.05, 3.63) is 13.6 Å². The van der Waals surface area contributed by atoms with Gasteiger partial charge in [0.05, 0.1) is 7.57 Å². The van der Waals surface area contributed by atoms with Crippen LogP contribution >= 0.6 is 43.2 Å². The molecule has 2 unspecified atom stereocenters. The van der Waals surface area contributed by atoms with Gasteiger partial charge in [0.15, 0.2) is 0 Å². The van der Waals surface area contributed by atoms with Crippen LogP contribution in [-0.4, -0.2) is 37.9 Å². The van der Waals surface area contributed by atoms with Crippen LogP contribution < -0.4 is 5.32 Å². The minimum atomic E-state index is -3.46. The van der Waals surface area contributed by atoms with E-state index in [-0.39, 0.29) is 5.54 Å². The van der Waals surface area contributed by atoms with Gasteiger partial charge in [-0.25, -0.2) is 8.42 Å². The molecule has 2 aliphatic heterocycles. The molecule has 0 radical (unpaired) electrons. The van der Waals surface area contributed by atoms with Crippen molar-refractivity contribution < 1.29 is 8.42 Å². The molecule has 20 heavy (non-hydrogen) atoms. The van der Waals surface area contributed by atoms with Crippen molar-refractivity contribution in [2.24, 2.45) is 11.8 Å². The molecular weight excluding hydrogens is 428 g/mol. The monoisotopic (exact) mass is 442 g/mol. The Balaban J connectivity index is 2.02. The van der Waals surface area contributed by atoms with Crippen LogP contribution in [-0.2, 0) is 10.0 Å². The zero-order chi connectivity index (χ0) is 14.7. The van der Waals surface area contributed by atoms with Gasteiger partial charge in [0.1, 0.15) is 4.90 Å². The van der Waals surface area contributed by atoms with Crippen molar-refractivity contribution in [1.82, 2.24) is 9.62 Å². The lowest BCUT2D eigenvalue weighted by molar-refractivity contribution is 0.233. The molecule has 2 saturated heterocycles. The Bertz CT molecular complexity index is 642. The number of sulfonamides is 1. The molecule has 2 atom stereocenters. The molecule has 3 heterocycles. The summed E-state index contributed by atoms with van der Waals surface area (Å²) in [6.45, 7) is 6.49. The summed E-state index contributed by atoms with van der Waals surface area (Å²) < 4.78 is 29.1. The van der Waals surface area contributed by atoms with Gasteiger partial charge in [0.25, 0.3) is 0 Å². The first-order chi connectivity index (χ1) is 9.24. The molecule has 8 heteroatoms. The van der Waals surface area contributed by atoms with Gasteiger partial charge in [-0.15, -0.1) is 11.3 Å². The van der Waals surface area contributed by atoms with Crippen molar-refractivity contribution in [1.29, 1.82) is 0 Å². The number of nitrogens with zero attached hydrogens (tertiary/aromatic N) is 1. The van der Waals surface area contributed by atoms with Gasteiger partial charge in [-0.2, -0.15) is 4.31 Å². The van der Waals surface area contributed by atoms with Gasteiger partial charge in [-0.1, -0.05) is 0 Å². The highest BCUT2D eigenvalue weighted by Gasteiger charge is 2.54. The standard InChI is InChI=1S/C12H16Br2N2O2S2/c1-12(2)8-5-15-4-7(8)6-16(12)20(17,18)9-3-10(13)19-11(9)14/h3,7-8,15H,4-6H2,1-2H3. The van der Waals surface area contributed by atoms with Crippen LogP contribution in [0.15, 0.2) is 18.5 Å². The predicted octanol–water partition coefficient (Wildman–Crippen LogP) is 2.89. The molecule has 0 spiro atoms. The summed E-state index contributed by atoms with van der Waals surface area (Å²) in [6.07, 6.45) is 0. The van der Waals surface area contributed by atoms with Gasteiger partial charge >= 0.3 is 0 Å². The van der Waals surface area contributed by atoms with Crippen LogP contribution in [0.5, 0.6) is 0 Å². The quantitative estimate of drug-likeness (QED) is 0.764. The molecule has 1 aromatic rings. The molecular formula is C12H16Br2N2O2S2. The third kappa shape index (κ3) is 2.23. The van der Waals surface area contributed by atoms with Crippen molar-refractivity contribution in [2.45, 2.75) is 24.3 Å². The predicted molar refractivity (Wildman–Crippen MR) is 87.5 cm³/mol. The summed E-state index contributed by atoms with van der Waals surface area (Å²) in [6, 6.07) is 1.69. The summed E-state index contributed by atoms with van der Waals surface area (Å²) in [5.74, 6) is 0.804. The fourth-order valence-corrected chi connectivity index (χ4v) is 9.05. The number of nitrogens with one attached hydrogen (secondary N) is 1. The van der Waals surface area contributed by atoms with Crippen molar-refractivity contribution in [3.63, 3.8) is 0 Å². The molecule has 0 amide bonds. The Labute approximate surface area is 140 Å². The van der Waals surface area contributed by atoms with Crippen LogP contribution in [0.3, 0.4) is 0 Å². The van der Waals surface area contributed by atoms with Gasteiger partial charge in [0.2, 0.25) is 10.0 Å². The maximum atomic E-state index is 13.0. The third-order valence-corrected chi connectivity index (χ3v) is 9.29. The summed E-state index contributed by atoms with van der Waals surface area (Å²) in [5, 5.41) is 3.37. The summed E-state index contributed by atoms with van der Waals surface area (Å²) >= 11 is 8.12. The molecule has 2 fully saturated rings. The summed E-state index contributed by atoms with van der Waals surface area (Å²) in [5.41, 5.74) is -0.346. The van der Waals surface area contributed by atoms with E-state index in [1.807, 2.05) is 13.8 Å². The number of hydrogen-bond acceptors (Lipinski definition) is 4. The van der Waals surface area contributed by atoms with Gasteiger partial charge in [0, 0.05) is 18.6 Å². The normalized spacial score (nSPS) is 29.8. The molecule has 0 saturated carbocycles. The average molecular weight is 444 g/mol. The highest BCUT2D eigenvalue weighted by molar-refractivity contribution is 9.12. The van der Waals surface area contributed by atoms with Gasteiger partial charge in [-0.05, 0) is 70.2 Å². The molecule has 0 aliphatic carbocycles. The summed E-state index contributed by atoms with van der Waals surface area (Å²) in [7, 11) is -3.46. The van der Waals surface area contributed by atoms with Gasteiger partial charge < -0.3 is 5.32 Å². The van der Waals surface area contributed by atoms with Crippen LogP contribution in [0.2, 0.25) is 0 Å². The molecule has 0 aromatic carbocycles. The van der Waals surface area contributed by atoms with E-state index in [9.17, 15) is 8.42 Å². The van der Waals surface area contributed by atoms with E-state index in [4.69, 9.17) is 0 Å². The van der Waals surface area contributed by atoms with E-state index in [0.29, 0.717) is 27.1 Å². The second-order valence-electron chi connectivity index (χ2n) is 5.90. The lowest BCUT2D eigenvalue weighted by atomic mass is 9.85. The van der Waals surface area contributed by atoms with E-state index in [0.717, 1.165) is 16.9 Å². The molecule has 1 N–H and O–H groups in total. The number of fused-ring (bicyclic) bond motifs is 1. The average Bonchev–Trinajstić information content (AvgIpc) is 2.96. The Morgan fingerprint density at radius 2 is 2.10 bits per heavy atom. The topological polar surface area (TPSA) is 49.4 Å². The van der Waals surface area contributed by atoms with E-state index in [2.05, 4.69) is 37.2 Å². The van der Waals surface area contributed by atoms with Crippen LogP contribution in [0.4, 0.5) is 0 Å². The van der Waals surface area contributed by atoms with Crippen LogP contribution in [0, 0.1) is 11.8 Å². The molecule has 3 rings (SSSR count). The SMILES string of the molecule is CC1(C)C2CNCC2CN1S(=O)(=O)c1cc(Br)sc1Br. The molecule has 2 aliphatic rings. The fourth-order valence-electron chi connectivity index (χ4n) is 3.41. The lowest BCUT2D eigenvalue weighted by Crippen LogP contribution is -2.47. The van der Waals surface area contributed by atoms with Crippen molar-refractivity contribution in [3.8, 4) is 0 Å². The first-order valence-corrected chi connectivity index (χ1v) is 10.3. The first kappa shape index (κ1) is 15.4. The van der Waals surface area contributed by atoms with E-state index in [1.54, 1.807) is 10.4 Å². The largest absolute Gasteiger partial charge is 0.316 e. The van der Waals surface area contributed by atoms with E-state index >= 15 is 0 Å². The van der Waals surface area contributed by atoms with Crippen molar-refractivity contribution in [2.75, 3.05) is 19.6 Å². The maximum absolute atomic E-state index is 13.0. The first-order valence-electron chi connectivity index (χ1n) is 6.43. The minimum absolute atomic E-state index is 0.346. The van der Waals surface area contributed by atoms with E-state index in [1.165, 1.54) is 11.3 Å². The second kappa shape index (κ2) is 5.03. The molecule has 112 valence electrons. The number of hydrogen-bond donors (Lipinski definition) is 1. The molecule has 4 nitrogen and oxygen atoms in total. The number of thiophene rings is 1. The Kier molecular flexibility index (Phi) is 3.88. The number of halogens is 2.